The van der Waals surface area contributed by atoms with Crippen molar-refractivity contribution in [1.82, 2.24) is 15.1 Å². The van der Waals surface area contributed by atoms with E-state index in [1.807, 2.05) is 55.6 Å². The van der Waals surface area contributed by atoms with Crippen molar-refractivity contribution >= 4 is 34.1 Å². The number of fused-ring (bicyclic) bond motifs is 1. The first kappa shape index (κ1) is 17.0. The second-order valence-corrected chi connectivity index (χ2v) is 7.51. The number of nitrogens with one attached hydrogen (secondary N) is 1. The molecule has 2 aromatic heterocycles. The van der Waals surface area contributed by atoms with Gasteiger partial charge in [0.25, 0.3) is 5.89 Å². The van der Waals surface area contributed by atoms with E-state index in [1.165, 1.54) is 0 Å². The Morgan fingerprint density at radius 3 is 3.00 bits per heavy atom. The molecular weight excluding hydrogens is 376 g/mol. The van der Waals surface area contributed by atoms with E-state index in [0.717, 1.165) is 27.7 Å². The fourth-order valence-corrected chi connectivity index (χ4v) is 3.85. The van der Waals surface area contributed by atoms with E-state index in [2.05, 4.69) is 15.1 Å². The number of aromatic amines is 1. The molecule has 1 amide bonds. The summed E-state index contributed by atoms with van der Waals surface area (Å²) in [4.78, 5) is 22.1. The minimum Gasteiger partial charge on any atom is -0.361 e. The number of carbonyl (C=O) groups is 1. The predicted molar refractivity (Wildman–Crippen MR) is 107 cm³/mol. The topological polar surface area (TPSA) is 75.0 Å². The monoisotopic (exact) mass is 392 g/mol. The van der Waals surface area contributed by atoms with Crippen molar-refractivity contribution in [3.05, 3.63) is 65.1 Å². The van der Waals surface area contributed by atoms with E-state index in [1.54, 1.807) is 4.90 Å². The predicted octanol–water partition coefficient (Wildman–Crippen LogP) is 4.70. The molecule has 0 spiro atoms. The van der Waals surface area contributed by atoms with Gasteiger partial charge in [-0.1, -0.05) is 28.9 Å². The Hall–Kier alpha value is -3.12. The molecule has 7 heteroatoms. The molecule has 1 aliphatic rings. The summed E-state index contributed by atoms with van der Waals surface area (Å²) < 4.78 is 5.48. The minimum absolute atomic E-state index is 0.0366. The molecule has 1 atom stereocenters. The molecule has 0 saturated carbocycles. The summed E-state index contributed by atoms with van der Waals surface area (Å²) in [6, 6.07) is 13.5. The van der Waals surface area contributed by atoms with Crippen molar-refractivity contribution in [1.29, 1.82) is 0 Å². The van der Waals surface area contributed by atoms with Crippen LogP contribution in [0.2, 0.25) is 5.02 Å². The molecular formula is C21H17ClN4O2. The van der Waals surface area contributed by atoms with E-state index >= 15 is 0 Å². The molecule has 1 saturated heterocycles. The smallest absolute Gasteiger partial charge is 0.258 e. The van der Waals surface area contributed by atoms with E-state index in [-0.39, 0.29) is 11.8 Å². The zero-order valence-electron chi connectivity index (χ0n) is 15.1. The summed E-state index contributed by atoms with van der Waals surface area (Å²) in [6.07, 6.45) is 2.24. The van der Waals surface area contributed by atoms with E-state index in [0.29, 0.717) is 29.7 Å². The van der Waals surface area contributed by atoms with Crippen LogP contribution >= 0.6 is 11.6 Å². The molecule has 6 nitrogen and oxygen atoms in total. The molecule has 4 aromatic rings. The zero-order chi connectivity index (χ0) is 19.3. The van der Waals surface area contributed by atoms with Crippen LogP contribution in [-0.4, -0.2) is 27.6 Å². The lowest BCUT2D eigenvalue weighted by Crippen LogP contribution is -2.25. The summed E-state index contributed by atoms with van der Waals surface area (Å²) in [6.45, 7) is 2.48. The molecule has 1 aliphatic heterocycles. The SMILES string of the molecule is Cc1ccc(Cl)cc1N1CC(c2noc(-c3ccc4cc[nH]c4c3)n2)CC1=O. The van der Waals surface area contributed by atoms with Crippen LogP contribution in [0.4, 0.5) is 5.69 Å². The number of anilines is 1. The van der Waals surface area contributed by atoms with Gasteiger partial charge in [-0.25, -0.2) is 0 Å². The Balaban J connectivity index is 1.41. The van der Waals surface area contributed by atoms with Crippen molar-refractivity contribution in [2.24, 2.45) is 0 Å². The van der Waals surface area contributed by atoms with Gasteiger partial charge in [0.15, 0.2) is 5.82 Å². The van der Waals surface area contributed by atoms with E-state index in [9.17, 15) is 4.79 Å². The van der Waals surface area contributed by atoms with Gasteiger partial charge in [-0.3, -0.25) is 4.79 Å². The average molecular weight is 393 g/mol. The number of aryl methyl sites for hydroxylation is 1. The Kier molecular flexibility index (Phi) is 3.94. The molecule has 0 bridgehead atoms. The minimum atomic E-state index is -0.113. The Morgan fingerprint density at radius 2 is 2.11 bits per heavy atom. The molecule has 5 rings (SSSR count). The van der Waals surface area contributed by atoms with Gasteiger partial charge >= 0.3 is 0 Å². The van der Waals surface area contributed by atoms with Crippen molar-refractivity contribution in [3.8, 4) is 11.5 Å². The van der Waals surface area contributed by atoms with Crippen molar-refractivity contribution in [2.75, 3.05) is 11.4 Å². The van der Waals surface area contributed by atoms with Crippen molar-refractivity contribution in [2.45, 2.75) is 19.3 Å². The number of nitrogens with zero attached hydrogens (tertiary/aromatic N) is 3. The third kappa shape index (κ3) is 2.86. The first-order chi connectivity index (χ1) is 13.6. The standard InChI is InChI=1S/C21H17ClN4O2/c1-12-2-5-16(22)10-18(12)26-11-15(9-19(26)27)20-24-21(28-25-20)14-4-3-13-6-7-23-17(13)8-14/h2-8,10,15,23H,9,11H2,1H3. The highest BCUT2D eigenvalue weighted by atomic mass is 35.5. The molecule has 0 radical (unpaired) electrons. The van der Waals surface area contributed by atoms with Crippen LogP contribution in [0.1, 0.15) is 23.7 Å². The fraction of sp³-hybridized carbons (Fsp3) is 0.190. The number of halogens is 1. The number of benzene rings is 2. The number of H-pyrrole nitrogens is 1. The Labute approximate surface area is 166 Å². The fourth-order valence-electron chi connectivity index (χ4n) is 3.69. The highest BCUT2D eigenvalue weighted by molar-refractivity contribution is 6.31. The summed E-state index contributed by atoms with van der Waals surface area (Å²) >= 11 is 6.12. The van der Waals surface area contributed by atoms with Crippen LogP contribution in [0, 0.1) is 6.92 Å². The molecule has 1 fully saturated rings. The maximum atomic E-state index is 12.6. The maximum Gasteiger partial charge on any atom is 0.258 e. The number of hydrogen-bond donors (Lipinski definition) is 1. The third-order valence-electron chi connectivity index (χ3n) is 5.20. The molecule has 1 unspecified atom stereocenters. The zero-order valence-corrected chi connectivity index (χ0v) is 15.9. The van der Waals surface area contributed by atoms with Gasteiger partial charge in [0.2, 0.25) is 5.91 Å². The number of carbonyl (C=O) groups excluding carboxylic acids is 1. The number of rotatable bonds is 3. The van der Waals surface area contributed by atoms with E-state index in [4.69, 9.17) is 16.1 Å². The van der Waals surface area contributed by atoms with Crippen LogP contribution in [0.25, 0.3) is 22.4 Å². The summed E-state index contributed by atoms with van der Waals surface area (Å²) in [5.41, 5.74) is 3.70. The normalized spacial score (nSPS) is 17.0. The van der Waals surface area contributed by atoms with Crippen molar-refractivity contribution < 1.29 is 9.32 Å². The largest absolute Gasteiger partial charge is 0.361 e. The first-order valence-corrected chi connectivity index (χ1v) is 9.44. The van der Waals surface area contributed by atoms with Crippen LogP contribution in [0.3, 0.4) is 0 Å². The maximum absolute atomic E-state index is 12.6. The van der Waals surface area contributed by atoms with Crippen LogP contribution < -0.4 is 4.90 Å². The second kappa shape index (κ2) is 6.49. The lowest BCUT2D eigenvalue weighted by Gasteiger charge is -2.19. The third-order valence-corrected chi connectivity index (χ3v) is 5.43. The summed E-state index contributed by atoms with van der Waals surface area (Å²) in [5.74, 6) is 0.931. The molecule has 28 heavy (non-hydrogen) atoms. The number of hydrogen-bond acceptors (Lipinski definition) is 4. The number of aromatic nitrogens is 3. The van der Waals surface area contributed by atoms with E-state index < -0.39 is 0 Å². The lowest BCUT2D eigenvalue weighted by atomic mass is 10.1. The molecule has 2 aromatic carbocycles. The van der Waals surface area contributed by atoms with Gasteiger partial charge in [-0.2, -0.15) is 4.98 Å². The van der Waals surface area contributed by atoms with Crippen LogP contribution in [0.5, 0.6) is 0 Å². The Morgan fingerprint density at radius 1 is 1.21 bits per heavy atom. The van der Waals surface area contributed by atoms with Gasteiger partial charge in [-0.05, 0) is 48.2 Å². The molecule has 0 aliphatic carbocycles. The molecule has 3 heterocycles. The van der Waals surface area contributed by atoms with Gasteiger partial charge in [-0.15, -0.1) is 0 Å². The Bertz CT molecular complexity index is 1200. The van der Waals surface area contributed by atoms with Crippen LogP contribution in [0.15, 0.2) is 53.2 Å². The summed E-state index contributed by atoms with van der Waals surface area (Å²) in [5, 5.41) is 5.88. The molecule has 1 N–H and O–H groups in total. The van der Waals surface area contributed by atoms with Gasteiger partial charge in [0.1, 0.15) is 0 Å². The van der Waals surface area contributed by atoms with Gasteiger partial charge in [0.05, 0.1) is 0 Å². The second-order valence-electron chi connectivity index (χ2n) is 7.07. The average Bonchev–Trinajstić information content (AvgIpc) is 3.42. The highest BCUT2D eigenvalue weighted by Crippen LogP contribution is 2.34. The highest BCUT2D eigenvalue weighted by Gasteiger charge is 2.35. The first-order valence-electron chi connectivity index (χ1n) is 9.06. The lowest BCUT2D eigenvalue weighted by molar-refractivity contribution is -0.117. The number of amides is 1. The summed E-state index contributed by atoms with van der Waals surface area (Å²) in [7, 11) is 0. The quantitative estimate of drug-likeness (QED) is 0.548. The van der Waals surface area contributed by atoms with Gasteiger partial charge in [0, 0.05) is 46.9 Å². The van der Waals surface area contributed by atoms with Crippen LogP contribution in [-0.2, 0) is 4.79 Å². The van der Waals surface area contributed by atoms with Gasteiger partial charge < -0.3 is 14.4 Å². The molecule has 140 valence electrons. The van der Waals surface area contributed by atoms with Crippen molar-refractivity contribution in [3.63, 3.8) is 0 Å².